The van der Waals surface area contributed by atoms with Crippen LogP contribution < -0.4 is 5.32 Å². The molecule has 130 valence electrons. The summed E-state index contributed by atoms with van der Waals surface area (Å²) in [5, 5.41) is 11.3. The minimum atomic E-state index is -1.47. The van der Waals surface area contributed by atoms with Gasteiger partial charge in [-0.1, -0.05) is 36.4 Å². The minimum absolute atomic E-state index is 0.00382. The van der Waals surface area contributed by atoms with Gasteiger partial charge in [-0.05, 0) is 23.8 Å². The minimum Gasteiger partial charge on any atom is -0.480 e. The normalized spacial score (nSPS) is 11.4. The molecule has 0 spiro atoms. The number of carboxylic acids is 1. The van der Waals surface area contributed by atoms with Crippen molar-refractivity contribution in [3.63, 3.8) is 0 Å². The summed E-state index contributed by atoms with van der Waals surface area (Å²) in [7, 11) is 0. The van der Waals surface area contributed by atoms with Gasteiger partial charge in [0.15, 0.2) is 0 Å². The fourth-order valence-corrected chi connectivity index (χ4v) is 2.04. The first-order valence-electron chi connectivity index (χ1n) is 7.44. The average Bonchev–Trinajstić information content (AvgIpc) is 2.60. The Balaban J connectivity index is 1.92. The number of amides is 1. The number of hydrogen-bond donors (Lipinski definition) is 2. The smallest absolute Gasteiger partial charge is 0.326 e. The number of carbonyl (C=O) groups is 3. The summed E-state index contributed by atoms with van der Waals surface area (Å²) in [5.41, 5.74) is 0.718. The van der Waals surface area contributed by atoms with Crippen LogP contribution in [-0.4, -0.2) is 29.0 Å². The molecule has 0 saturated heterocycles. The number of carboxylic acid groups (broad SMARTS) is 1. The van der Waals surface area contributed by atoms with Crippen molar-refractivity contribution in [2.45, 2.75) is 19.1 Å². The molecule has 0 aromatic heterocycles. The van der Waals surface area contributed by atoms with E-state index in [1.807, 2.05) is 6.07 Å². The van der Waals surface area contributed by atoms with E-state index < -0.39 is 36.1 Å². The van der Waals surface area contributed by atoms with Crippen LogP contribution in [0, 0.1) is 5.82 Å². The number of aliphatic carboxylic acids is 1. The van der Waals surface area contributed by atoms with E-state index in [4.69, 9.17) is 9.84 Å². The first-order chi connectivity index (χ1) is 12.0. The second-order valence-electron chi connectivity index (χ2n) is 5.23. The highest BCUT2D eigenvalue weighted by molar-refractivity contribution is 5.97. The zero-order valence-electron chi connectivity index (χ0n) is 13.1. The summed E-state index contributed by atoms with van der Waals surface area (Å²) < 4.78 is 18.1. The van der Waals surface area contributed by atoms with Crippen LogP contribution in [0.1, 0.15) is 22.3 Å². The number of esters is 1. The van der Waals surface area contributed by atoms with E-state index in [0.717, 1.165) is 17.7 Å². The van der Waals surface area contributed by atoms with Gasteiger partial charge in [-0.3, -0.25) is 9.59 Å². The summed E-state index contributed by atoms with van der Waals surface area (Å²) in [5.74, 6) is -3.57. The lowest BCUT2D eigenvalue weighted by Crippen LogP contribution is -2.42. The molecule has 0 aliphatic rings. The SMILES string of the molecule is O=C(C[C@H](NC(=O)c1cccc(F)c1)C(=O)O)OCc1ccccc1. The van der Waals surface area contributed by atoms with Crippen LogP contribution in [-0.2, 0) is 20.9 Å². The number of ether oxygens (including phenoxy) is 1. The lowest BCUT2D eigenvalue weighted by atomic mass is 10.1. The van der Waals surface area contributed by atoms with Crippen LogP contribution in [0.4, 0.5) is 4.39 Å². The second-order valence-corrected chi connectivity index (χ2v) is 5.23. The van der Waals surface area contributed by atoms with Gasteiger partial charge in [-0.15, -0.1) is 0 Å². The molecule has 2 N–H and O–H groups in total. The molecular formula is C18H16FNO5. The van der Waals surface area contributed by atoms with Crippen molar-refractivity contribution in [3.8, 4) is 0 Å². The molecule has 0 radical (unpaired) electrons. The first kappa shape index (κ1) is 18.1. The van der Waals surface area contributed by atoms with E-state index in [2.05, 4.69) is 5.32 Å². The molecule has 0 unspecified atom stereocenters. The van der Waals surface area contributed by atoms with Gasteiger partial charge >= 0.3 is 11.9 Å². The van der Waals surface area contributed by atoms with Gasteiger partial charge in [0, 0.05) is 5.56 Å². The molecule has 1 atom stereocenters. The third-order valence-corrected chi connectivity index (χ3v) is 3.30. The highest BCUT2D eigenvalue weighted by Crippen LogP contribution is 2.06. The zero-order chi connectivity index (χ0) is 18.2. The van der Waals surface area contributed by atoms with Gasteiger partial charge in [0.05, 0.1) is 6.42 Å². The Morgan fingerprint density at radius 2 is 1.80 bits per heavy atom. The van der Waals surface area contributed by atoms with Crippen molar-refractivity contribution in [1.29, 1.82) is 0 Å². The van der Waals surface area contributed by atoms with Crippen LogP contribution in [0.5, 0.6) is 0 Å². The van der Waals surface area contributed by atoms with Crippen LogP contribution in [0.15, 0.2) is 54.6 Å². The number of benzene rings is 2. The van der Waals surface area contributed by atoms with Gasteiger partial charge in [0.2, 0.25) is 0 Å². The largest absolute Gasteiger partial charge is 0.480 e. The number of rotatable bonds is 7. The monoisotopic (exact) mass is 345 g/mol. The van der Waals surface area contributed by atoms with Gasteiger partial charge in [-0.25, -0.2) is 9.18 Å². The summed E-state index contributed by atoms with van der Waals surface area (Å²) in [6.45, 7) is 0.00382. The quantitative estimate of drug-likeness (QED) is 0.750. The third-order valence-electron chi connectivity index (χ3n) is 3.30. The Kier molecular flexibility index (Phi) is 6.22. The van der Waals surface area contributed by atoms with Crippen molar-refractivity contribution in [2.24, 2.45) is 0 Å². The van der Waals surface area contributed by atoms with Crippen LogP contribution >= 0.6 is 0 Å². The maximum Gasteiger partial charge on any atom is 0.326 e. The maximum absolute atomic E-state index is 13.1. The maximum atomic E-state index is 13.1. The highest BCUT2D eigenvalue weighted by Gasteiger charge is 2.24. The van der Waals surface area contributed by atoms with E-state index in [0.29, 0.717) is 0 Å². The molecule has 6 nitrogen and oxygen atoms in total. The fourth-order valence-electron chi connectivity index (χ4n) is 2.04. The molecule has 2 aromatic carbocycles. The molecule has 2 rings (SSSR count). The lowest BCUT2D eigenvalue weighted by Gasteiger charge is -2.14. The molecule has 0 heterocycles. The number of hydrogen-bond acceptors (Lipinski definition) is 4. The van der Waals surface area contributed by atoms with Crippen LogP contribution in [0.3, 0.4) is 0 Å². The third kappa shape index (κ3) is 5.72. The van der Waals surface area contributed by atoms with Gasteiger partial charge < -0.3 is 15.2 Å². The molecular weight excluding hydrogens is 329 g/mol. The number of carbonyl (C=O) groups excluding carboxylic acids is 2. The number of nitrogens with one attached hydrogen (secondary N) is 1. The van der Waals surface area contributed by atoms with E-state index >= 15 is 0 Å². The Labute approximate surface area is 143 Å². The summed E-state index contributed by atoms with van der Waals surface area (Å²) >= 11 is 0. The summed E-state index contributed by atoms with van der Waals surface area (Å²) in [6, 6.07) is 12.2. The molecule has 7 heteroatoms. The molecule has 1 amide bonds. The van der Waals surface area contributed by atoms with E-state index in [9.17, 15) is 18.8 Å². The van der Waals surface area contributed by atoms with Gasteiger partial charge in [0.25, 0.3) is 5.91 Å². The first-order valence-corrected chi connectivity index (χ1v) is 7.44. The predicted octanol–water partition coefficient (Wildman–Crippen LogP) is 2.14. The van der Waals surface area contributed by atoms with Crippen molar-refractivity contribution >= 4 is 17.8 Å². The van der Waals surface area contributed by atoms with Crippen molar-refractivity contribution < 1.29 is 28.6 Å². The Morgan fingerprint density at radius 1 is 1.08 bits per heavy atom. The zero-order valence-corrected chi connectivity index (χ0v) is 13.1. The molecule has 25 heavy (non-hydrogen) atoms. The Hall–Kier alpha value is -3.22. The molecule has 0 bridgehead atoms. The predicted molar refractivity (Wildman–Crippen MR) is 86.1 cm³/mol. The molecule has 0 aliphatic carbocycles. The lowest BCUT2D eigenvalue weighted by molar-refractivity contribution is -0.150. The van der Waals surface area contributed by atoms with Gasteiger partial charge in [0.1, 0.15) is 18.5 Å². The average molecular weight is 345 g/mol. The van der Waals surface area contributed by atoms with Gasteiger partial charge in [-0.2, -0.15) is 0 Å². The molecule has 0 saturated carbocycles. The summed E-state index contributed by atoms with van der Waals surface area (Å²) in [4.78, 5) is 35.0. The van der Waals surface area contributed by atoms with Crippen molar-refractivity contribution in [1.82, 2.24) is 5.32 Å². The van der Waals surface area contributed by atoms with E-state index in [1.54, 1.807) is 24.3 Å². The Bertz CT molecular complexity index is 763. The highest BCUT2D eigenvalue weighted by atomic mass is 19.1. The summed E-state index contributed by atoms with van der Waals surface area (Å²) in [6.07, 6.45) is -0.538. The second kappa shape index (κ2) is 8.58. The standard InChI is InChI=1S/C18H16FNO5/c19-14-8-4-7-13(9-14)17(22)20-15(18(23)24)10-16(21)25-11-12-5-2-1-3-6-12/h1-9,15H,10-11H2,(H,20,22)(H,23,24)/t15-/m0/s1. The van der Waals surface area contributed by atoms with E-state index in [1.165, 1.54) is 12.1 Å². The molecule has 0 fully saturated rings. The van der Waals surface area contributed by atoms with E-state index in [-0.39, 0.29) is 12.2 Å². The molecule has 2 aromatic rings. The molecule has 0 aliphatic heterocycles. The Morgan fingerprint density at radius 3 is 2.44 bits per heavy atom. The van der Waals surface area contributed by atoms with Crippen molar-refractivity contribution in [2.75, 3.05) is 0 Å². The van der Waals surface area contributed by atoms with Crippen LogP contribution in [0.2, 0.25) is 0 Å². The van der Waals surface area contributed by atoms with Crippen LogP contribution in [0.25, 0.3) is 0 Å². The van der Waals surface area contributed by atoms with Crippen molar-refractivity contribution in [3.05, 3.63) is 71.5 Å². The topological polar surface area (TPSA) is 92.7 Å². The fraction of sp³-hybridized carbons (Fsp3) is 0.167. The number of halogens is 1.